The van der Waals surface area contributed by atoms with E-state index in [1.807, 2.05) is 71.6 Å². The van der Waals surface area contributed by atoms with E-state index in [2.05, 4.69) is 0 Å². The lowest BCUT2D eigenvalue weighted by Crippen LogP contribution is -2.22. The third-order valence-corrected chi connectivity index (χ3v) is 4.23. The minimum Gasteiger partial charge on any atom is -0.309 e. The molecule has 1 aliphatic rings. The number of benzene rings is 3. The van der Waals surface area contributed by atoms with E-state index in [1.165, 1.54) is 0 Å². The number of ketones is 2. The predicted molar refractivity (Wildman–Crippen MR) is 94.4 cm³/mol. The molecule has 0 N–H and O–H groups in total. The van der Waals surface area contributed by atoms with Gasteiger partial charge in [0, 0.05) is 16.8 Å². The Labute approximate surface area is 140 Å². The molecule has 3 heteroatoms. The van der Waals surface area contributed by atoms with E-state index in [0.29, 0.717) is 11.1 Å². The summed E-state index contributed by atoms with van der Waals surface area (Å²) in [5.74, 6) is -0.294. The summed E-state index contributed by atoms with van der Waals surface area (Å²) in [6, 6.07) is 24.7. The Morgan fingerprint density at radius 2 is 1.04 bits per heavy atom. The molecule has 1 aliphatic heterocycles. The zero-order valence-corrected chi connectivity index (χ0v) is 13.0. The van der Waals surface area contributed by atoms with Gasteiger partial charge in [-0.25, -0.2) is 0 Å². The maximum Gasteiger partial charge on any atom is 0.172 e. The van der Waals surface area contributed by atoms with Crippen molar-refractivity contribution in [1.29, 1.82) is 0 Å². The standard InChI is InChI=1S/C21H15NO2/c23-20-14-21(24)17-11-5-7-13-19(17)22(15-8-2-1-3-9-15)18-12-6-4-10-16(18)20/h1-13H,14H2. The van der Waals surface area contributed by atoms with E-state index in [4.69, 9.17) is 0 Å². The minimum atomic E-state index is -0.147. The number of rotatable bonds is 1. The van der Waals surface area contributed by atoms with Crippen LogP contribution in [0.15, 0.2) is 78.9 Å². The zero-order chi connectivity index (χ0) is 16.5. The van der Waals surface area contributed by atoms with Crippen LogP contribution in [-0.4, -0.2) is 11.6 Å². The number of para-hydroxylation sites is 3. The molecule has 0 aromatic heterocycles. The summed E-state index contributed by atoms with van der Waals surface area (Å²) in [6.45, 7) is 0. The number of carbonyl (C=O) groups is 2. The van der Waals surface area contributed by atoms with Crippen LogP contribution in [0.25, 0.3) is 0 Å². The molecule has 24 heavy (non-hydrogen) atoms. The number of fused-ring (bicyclic) bond motifs is 2. The SMILES string of the molecule is O=C1CC(=O)c2ccccc2N(c2ccccc2)c2ccccc21. The summed E-state index contributed by atoms with van der Waals surface area (Å²) in [4.78, 5) is 27.2. The van der Waals surface area contributed by atoms with E-state index in [1.54, 1.807) is 12.1 Å². The summed E-state index contributed by atoms with van der Waals surface area (Å²) in [7, 11) is 0. The van der Waals surface area contributed by atoms with Crippen molar-refractivity contribution < 1.29 is 9.59 Å². The highest BCUT2D eigenvalue weighted by Gasteiger charge is 2.27. The Bertz CT molecular complexity index is 874. The molecule has 0 saturated heterocycles. The van der Waals surface area contributed by atoms with Crippen LogP contribution in [0.4, 0.5) is 17.1 Å². The van der Waals surface area contributed by atoms with Crippen LogP contribution in [0.2, 0.25) is 0 Å². The quantitative estimate of drug-likeness (QED) is 0.598. The number of Topliss-reactive ketones (excluding diaryl/α,β-unsaturated/α-hetero) is 2. The fourth-order valence-corrected chi connectivity index (χ4v) is 3.13. The van der Waals surface area contributed by atoms with Gasteiger partial charge in [-0.15, -0.1) is 0 Å². The third-order valence-electron chi connectivity index (χ3n) is 4.23. The van der Waals surface area contributed by atoms with Crippen LogP contribution in [0.5, 0.6) is 0 Å². The Morgan fingerprint density at radius 1 is 0.583 bits per heavy atom. The molecule has 0 aliphatic carbocycles. The summed E-state index contributed by atoms with van der Waals surface area (Å²) in [6.07, 6.45) is -0.101. The molecule has 0 spiro atoms. The van der Waals surface area contributed by atoms with Crippen LogP contribution in [-0.2, 0) is 0 Å². The molecule has 0 unspecified atom stereocenters. The molecule has 0 amide bonds. The Kier molecular flexibility index (Phi) is 3.47. The van der Waals surface area contributed by atoms with Gasteiger partial charge in [-0.2, -0.15) is 0 Å². The van der Waals surface area contributed by atoms with Gasteiger partial charge in [0.25, 0.3) is 0 Å². The lowest BCUT2D eigenvalue weighted by molar-refractivity contribution is 0.0894. The van der Waals surface area contributed by atoms with Crippen molar-refractivity contribution in [1.82, 2.24) is 0 Å². The number of anilines is 3. The first-order valence-electron chi connectivity index (χ1n) is 7.85. The zero-order valence-electron chi connectivity index (χ0n) is 13.0. The summed E-state index contributed by atoms with van der Waals surface area (Å²) in [5, 5.41) is 0. The van der Waals surface area contributed by atoms with Crippen LogP contribution >= 0.6 is 0 Å². The molecule has 0 fully saturated rings. The molecule has 0 saturated carbocycles. The lowest BCUT2D eigenvalue weighted by atomic mass is 9.94. The first-order valence-corrected chi connectivity index (χ1v) is 7.85. The molecule has 0 atom stereocenters. The fourth-order valence-electron chi connectivity index (χ4n) is 3.13. The maximum absolute atomic E-state index is 12.6. The molecule has 3 aromatic carbocycles. The van der Waals surface area contributed by atoms with Gasteiger partial charge in [-0.3, -0.25) is 9.59 Å². The normalized spacial score (nSPS) is 13.8. The highest BCUT2D eigenvalue weighted by Crippen LogP contribution is 2.40. The second kappa shape index (κ2) is 5.78. The maximum atomic E-state index is 12.6. The van der Waals surface area contributed by atoms with Gasteiger partial charge in [0.05, 0.1) is 17.8 Å². The van der Waals surface area contributed by atoms with Gasteiger partial charge in [0.1, 0.15) is 0 Å². The second-order valence-corrected chi connectivity index (χ2v) is 5.73. The van der Waals surface area contributed by atoms with E-state index in [9.17, 15) is 9.59 Å². The minimum absolute atomic E-state index is 0.101. The molecule has 3 nitrogen and oxygen atoms in total. The van der Waals surface area contributed by atoms with Crippen LogP contribution < -0.4 is 4.90 Å². The van der Waals surface area contributed by atoms with Crippen molar-refractivity contribution in [3.63, 3.8) is 0 Å². The molecular formula is C21H15NO2. The van der Waals surface area contributed by atoms with Crippen molar-refractivity contribution in [3.8, 4) is 0 Å². The van der Waals surface area contributed by atoms with Crippen LogP contribution in [0.1, 0.15) is 27.1 Å². The smallest absolute Gasteiger partial charge is 0.172 e. The van der Waals surface area contributed by atoms with E-state index in [-0.39, 0.29) is 18.0 Å². The average molecular weight is 313 g/mol. The molecular weight excluding hydrogens is 298 g/mol. The Balaban J connectivity index is 2.06. The largest absolute Gasteiger partial charge is 0.309 e. The topological polar surface area (TPSA) is 37.4 Å². The lowest BCUT2D eigenvalue weighted by Gasteiger charge is -2.30. The van der Waals surface area contributed by atoms with Gasteiger partial charge < -0.3 is 4.90 Å². The monoisotopic (exact) mass is 313 g/mol. The fraction of sp³-hybridized carbons (Fsp3) is 0.0476. The van der Waals surface area contributed by atoms with Crippen molar-refractivity contribution in [2.45, 2.75) is 6.42 Å². The number of nitrogens with zero attached hydrogens (tertiary/aromatic N) is 1. The molecule has 4 rings (SSSR count). The summed E-state index contributed by atoms with van der Waals surface area (Å²) < 4.78 is 0. The number of hydrogen-bond donors (Lipinski definition) is 0. The molecule has 0 radical (unpaired) electrons. The van der Waals surface area contributed by atoms with E-state index >= 15 is 0 Å². The van der Waals surface area contributed by atoms with Crippen molar-refractivity contribution in [3.05, 3.63) is 90.0 Å². The van der Waals surface area contributed by atoms with Crippen LogP contribution in [0, 0.1) is 0 Å². The predicted octanol–water partition coefficient (Wildman–Crippen LogP) is 4.93. The van der Waals surface area contributed by atoms with Crippen molar-refractivity contribution in [2.75, 3.05) is 4.90 Å². The van der Waals surface area contributed by atoms with Gasteiger partial charge >= 0.3 is 0 Å². The number of hydrogen-bond acceptors (Lipinski definition) is 3. The van der Waals surface area contributed by atoms with Crippen molar-refractivity contribution >= 4 is 28.6 Å². The average Bonchev–Trinajstić information content (AvgIpc) is 2.63. The van der Waals surface area contributed by atoms with Crippen LogP contribution in [0.3, 0.4) is 0 Å². The van der Waals surface area contributed by atoms with Gasteiger partial charge in [0.2, 0.25) is 0 Å². The second-order valence-electron chi connectivity index (χ2n) is 5.73. The molecule has 0 bridgehead atoms. The first-order chi connectivity index (χ1) is 11.8. The third kappa shape index (κ3) is 2.31. The highest BCUT2D eigenvalue weighted by molar-refractivity contribution is 6.19. The van der Waals surface area contributed by atoms with Gasteiger partial charge in [-0.1, -0.05) is 42.5 Å². The molecule has 1 heterocycles. The Hall–Kier alpha value is -3.20. The number of carbonyl (C=O) groups excluding carboxylic acids is 2. The Morgan fingerprint density at radius 3 is 1.58 bits per heavy atom. The summed E-state index contributed by atoms with van der Waals surface area (Å²) in [5.41, 5.74) is 3.66. The summed E-state index contributed by atoms with van der Waals surface area (Å²) >= 11 is 0. The van der Waals surface area contributed by atoms with Crippen molar-refractivity contribution in [2.24, 2.45) is 0 Å². The highest BCUT2D eigenvalue weighted by atomic mass is 16.1. The molecule has 3 aromatic rings. The van der Waals surface area contributed by atoms with E-state index in [0.717, 1.165) is 17.1 Å². The first kappa shape index (κ1) is 14.4. The molecule has 116 valence electrons. The van der Waals surface area contributed by atoms with Gasteiger partial charge in [0.15, 0.2) is 11.6 Å². The van der Waals surface area contributed by atoms with Gasteiger partial charge in [-0.05, 0) is 36.4 Å². The van der Waals surface area contributed by atoms with E-state index < -0.39 is 0 Å².